The van der Waals surface area contributed by atoms with Crippen LogP contribution in [0.3, 0.4) is 0 Å². The predicted octanol–water partition coefficient (Wildman–Crippen LogP) is 3.11. The Morgan fingerprint density at radius 1 is 1.25 bits per heavy atom. The van der Waals surface area contributed by atoms with Crippen LogP contribution in [0.4, 0.5) is 0 Å². The molecule has 2 rings (SSSR count). The highest BCUT2D eigenvalue weighted by Gasteiger charge is 2.14. The Labute approximate surface area is 97.5 Å². The topological polar surface area (TPSA) is 8.17 Å². The molecule has 86 valence electrons. The number of rotatable bonds is 2. The average molecular weight is 216 g/mol. The van der Waals surface area contributed by atoms with Gasteiger partial charge in [-0.05, 0) is 45.6 Å². The largest absolute Gasteiger partial charge is 0.350 e. The Hall–Kier alpha value is -1.28. The first kappa shape index (κ1) is 11.2. The third-order valence-corrected chi connectivity index (χ3v) is 3.40. The second-order valence-corrected chi connectivity index (χ2v) is 4.86. The van der Waals surface area contributed by atoms with Crippen LogP contribution in [0, 0.1) is 6.92 Å². The fourth-order valence-corrected chi connectivity index (χ4v) is 2.15. The maximum absolute atomic E-state index is 2.28. The molecule has 16 heavy (non-hydrogen) atoms. The maximum atomic E-state index is 2.28. The van der Waals surface area contributed by atoms with Gasteiger partial charge in [0.1, 0.15) is 0 Å². The van der Waals surface area contributed by atoms with Crippen molar-refractivity contribution in [3.05, 3.63) is 35.5 Å². The zero-order valence-corrected chi connectivity index (χ0v) is 10.8. The Morgan fingerprint density at radius 3 is 2.56 bits per heavy atom. The molecule has 0 saturated carbocycles. The monoisotopic (exact) mass is 216 g/mol. The van der Waals surface area contributed by atoms with E-state index in [2.05, 4.69) is 68.9 Å². The first-order chi connectivity index (χ1) is 7.50. The van der Waals surface area contributed by atoms with E-state index in [1.165, 1.54) is 22.0 Å². The molecule has 0 radical (unpaired) electrons. The molecule has 0 spiro atoms. The van der Waals surface area contributed by atoms with Gasteiger partial charge in [-0.1, -0.05) is 11.6 Å². The lowest BCUT2D eigenvalue weighted by molar-refractivity contribution is 0.322. The molecule has 0 aliphatic rings. The van der Waals surface area contributed by atoms with Crippen molar-refractivity contribution in [2.45, 2.75) is 19.9 Å². The van der Waals surface area contributed by atoms with Gasteiger partial charge in [-0.3, -0.25) is 0 Å². The number of aromatic nitrogens is 1. The van der Waals surface area contributed by atoms with Crippen LogP contribution in [-0.2, 0) is 7.05 Å². The van der Waals surface area contributed by atoms with Crippen LogP contribution in [0.25, 0.3) is 10.9 Å². The summed E-state index contributed by atoms with van der Waals surface area (Å²) >= 11 is 0. The van der Waals surface area contributed by atoms with E-state index in [0.717, 1.165) is 0 Å². The van der Waals surface area contributed by atoms with Gasteiger partial charge >= 0.3 is 0 Å². The smallest absolute Gasteiger partial charge is 0.0481 e. The fourth-order valence-electron chi connectivity index (χ4n) is 2.15. The summed E-state index contributed by atoms with van der Waals surface area (Å²) in [5, 5.41) is 1.38. The SMILES string of the molecule is Cc1ccc2c(c1)c(C(C)N(C)C)cn2C. The van der Waals surface area contributed by atoms with Crippen molar-refractivity contribution in [1.82, 2.24) is 9.47 Å². The first-order valence-corrected chi connectivity index (χ1v) is 5.72. The van der Waals surface area contributed by atoms with Crippen LogP contribution in [-0.4, -0.2) is 23.6 Å². The summed E-state index contributed by atoms with van der Waals surface area (Å²) < 4.78 is 2.21. The van der Waals surface area contributed by atoms with Crippen LogP contribution in [0.1, 0.15) is 24.1 Å². The van der Waals surface area contributed by atoms with Gasteiger partial charge in [-0.2, -0.15) is 0 Å². The van der Waals surface area contributed by atoms with E-state index in [0.29, 0.717) is 6.04 Å². The highest BCUT2D eigenvalue weighted by Crippen LogP contribution is 2.28. The Bertz CT molecular complexity index is 509. The Morgan fingerprint density at radius 2 is 1.94 bits per heavy atom. The number of benzene rings is 1. The lowest BCUT2D eigenvalue weighted by atomic mass is 10.0. The van der Waals surface area contributed by atoms with Crippen molar-refractivity contribution in [1.29, 1.82) is 0 Å². The fraction of sp³-hybridized carbons (Fsp3) is 0.429. The van der Waals surface area contributed by atoms with Crippen LogP contribution in [0.2, 0.25) is 0 Å². The van der Waals surface area contributed by atoms with E-state index >= 15 is 0 Å². The molecule has 1 unspecified atom stereocenters. The van der Waals surface area contributed by atoms with Crippen molar-refractivity contribution < 1.29 is 0 Å². The Balaban J connectivity index is 2.66. The minimum Gasteiger partial charge on any atom is -0.350 e. The van der Waals surface area contributed by atoms with Gasteiger partial charge in [-0.15, -0.1) is 0 Å². The van der Waals surface area contributed by atoms with Gasteiger partial charge in [0, 0.05) is 30.2 Å². The molecule has 0 N–H and O–H groups in total. The number of hydrogen-bond donors (Lipinski definition) is 0. The molecular formula is C14H20N2. The Kier molecular flexibility index (Phi) is 2.76. The van der Waals surface area contributed by atoms with Crippen molar-refractivity contribution in [2.24, 2.45) is 7.05 Å². The maximum Gasteiger partial charge on any atom is 0.0481 e. The van der Waals surface area contributed by atoms with E-state index in [-0.39, 0.29) is 0 Å². The molecular weight excluding hydrogens is 196 g/mol. The first-order valence-electron chi connectivity index (χ1n) is 5.72. The summed E-state index contributed by atoms with van der Waals surface area (Å²) in [5.74, 6) is 0. The standard InChI is InChI=1S/C14H20N2/c1-10-6-7-14-12(8-10)13(9-16(14)5)11(2)15(3)4/h6-9,11H,1-5H3. The highest BCUT2D eigenvalue weighted by atomic mass is 15.1. The molecule has 1 atom stereocenters. The summed E-state index contributed by atoms with van der Waals surface area (Å²) in [4.78, 5) is 2.25. The summed E-state index contributed by atoms with van der Waals surface area (Å²) in [6.07, 6.45) is 2.24. The summed E-state index contributed by atoms with van der Waals surface area (Å²) in [6.45, 7) is 4.40. The van der Waals surface area contributed by atoms with Crippen LogP contribution < -0.4 is 0 Å². The third-order valence-electron chi connectivity index (χ3n) is 3.40. The van der Waals surface area contributed by atoms with E-state index in [1.807, 2.05) is 0 Å². The number of fused-ring (bicyclic) bond motifs is 1. The number of nitrogens with zero attached hydrogens (tertiary/aromatic N) is 2. The summed E-state index contributed by atoms with van der Waals surface area (Å²) in [6, 6.07) is 7.11. The molecule has 0 amide bonds. The zero-order chi connectivity index (χ0) is 11.9. The molecule has 0 bridgehead atoms. The lowest BCUT2D eigenvalue weighted by Crippen LogP contribution is -2.16. The van der Waals surface area contributed by atoms with Gasteiger partial charge in [0.25, 0.3) is 0 Å². The number of hydrogen-bond acceptors (Lipinski definition) is 1. The summed E-state index contributed by atoms with van der Waals surface area (Å²) in [5.41, 5.74) is 4.05. The quantitative estimate of drug-likeness (QED) is 0.749. The molecule has 2 nitrogen and oxygen atoms in total. The van der Waals surface area contributed by atoms with Crippen molar-refractivity contribution in [3.8, 4) is 0 Å². The van der Waals surface area contributed by atoms with E-state index in [1.54, 1.807) is 0 Å². The zero-order valence-electron chi connectivity index (χ0n) is 10.8. The van der Waals surface area contributed by atoms with Crippen LogP contribution in [0.5, 0.6) is 0 Å². The lowest BCUT2D eigenvalue weighted by Gasteiger charge is -2.19. The highest BCUT2D eigenvalue weighted by molar-refractivity contribution is 5.85. The molecule has 0 aliphatic heterocycles. The molecule has 0 fully saturated rings. The molecule has 2 heteroatoms. The molecule has 0 aliphatic carbocycles. The van der Waals surface area contributed by atoms with E-state index in [4.69, 9.17) is 0 Å². The van der Waals surface area contributed by atoms with Crippen molar-refractivity contribution in [3.63, 3.8) is 0 Å². The molecule has 0 saturated heterocycles. The van der Waals surface area contributed by atoms with Crippen molar-refractivity contribution >= 4 is 10.9 Å². The van der Waals surface area contributed by atoms with E-state index in [9.17, 15) is 0 Å². The van der Waals surface area contributed by atoms with Gasteiger partial charge in [-0.25, -0.2) is 0 Å². The van der Waals surface area contributed by atoms with Crippen LogP contribution in [0.15, 0.2) is 24.4 Å². The van der Waals surface area contributed by atoms with E-state index < -0.39 is 0 Å². The molecule has 1 aromatic carbocycles. The normalized spacial score (nSPS) is 13.6. The minimum absolute atomic E-state index is 0.450. The van der Waals surface area contributed by atoms with Gasteiger partial charge < -0.3 is 9.47 Å². The second kappa shape index (κ2) is 3.95. The third kappa shape index (κ3) is 1.74. The van der Waals surface area contributed by atoms with Gasteiger partial charge in [0.2, 0.25) is 0 Å². The molecule has 1 heterocycles. The molecule has 2 aromatic rings. The predicted molar refractivity (Wildman–Crippen MR) is 69.8 cm³/mol. The second-order valence-electron chi connectivity index (χ2n) is 4.86. The minimum atomic E-state index is 0.450. The van der Waals surface area contributed by atoms with Crippen molar-refractivity contribution in [2.75, 3.05) is 14.1 Å². The van der Waals surface area contributed by atoms with Crippen LogP contribution >= 0.6 is 0 Å². The molecule has 1 aromatic heterocycles. The van der Waals surface area contributed by atoms with Gasteiger partial charge in [0.15, 0.2) is 0 Å². The summed E-state index contributed by atoms with van der Waals surface area (Å²) in [7, 11) is 6.36. The van der Waals surface area contributed by atoms with Gasteiger partial charge in [0.05, 0.1) is 0 Å². The average Bonchev–Trinajstić information content (AvgIpc) is 2.54. The number of aryl methyl sites for hydroxylation is 2.